The van der Waals surface area contributed by atoms with Gasteiger partial charge in [0.2, 0.25) is 10.0 Å². The van der Waals surface area contributed by atoms with E-state index in [-0.39, 0.29) is 22.4 Å². The SMILES string of the molecule is O=S(=O)(NCC(CCNCCc1c[nH]c2ccccc12)c1ccc(Cl)cc1)c1ccc(Cl)c(Cl)c1. The second-order valence-electron chi connectivity index (χ2n) is 8.32. The number of halogens is 3. The number of aromatic nitrogens is 1. The summed E-state index contributed by atoms with van der Waals surface area (Å²) in [5.41, 5.74) is 3.43. The van der Waals surface area contributed by atoms with Crippen LogP contribution >= 0.6 is 34.8 Å². The molecule has 0 radical (unpaired) electrons. The molecule has 0 saturated carbocycles. The number of sulfonamides is 1. The molecule has 5 nitrogen and oxygen atoms in total. The predicted octanol–water partition coefficient (Wildman–Crippen LogP) is 6.41. The Morgan fingerprint density at radius 1 is 0.886 bits per heavy atom. The molecule has 0 aliphatic heterocycles. The van der Waals surface area contributed by atoms with E-state index in [1.807, 2.05) is 36.4 Å². The van der Waals surface area contributed by atoms with Crippen LogP contribution in [-0.4, -0.2) is 33.0 Å². The number of rotatable bonds is 11. The van der Waals surface area contributed by atoms with E-state index in [0.29, 0.717) is 10.0 Å². The van der Waals surface area contributed by atoms with Crippen molar-refractivity contribution in [2.75, 3.05) is 19.6 Å². The maximum absolute atomic E-state index is 12.8. The van der Waals surface area contributed by atoms with E-state index >= 15 is 0 Å². The molecule has 4 rings (SSSR count). The van der Waals surface area contributed by atoms with E-state index in [1.54, 1.807) is 0 Å². The van der Waals surface area contributed by atoms with E-state index in [0.717, 1.165) is 37.0 Å². The molecule has 1 aromatic heterocycles. The van der Waals surface area contributed by atoms with Crippen LogP contribution in [0.3, 0.4) is 0 Å². The summed E-state index contributed by atoms with van der Waals surface area (Å²) < 4.78 is 28.4. The molecular formula is C26H26Cl3N3O2S. The molecule has 35 heavy (non-hydrogen) atoms. The lowest BCUT2D eigenvalue weighted by molar-refractivity contribution is 0.541. The van der Waals surface area contributed by atoms with Crippen molar-refractivity contribution in [3.05, 3.63) is 99.1 Å². The van der Waals surface area contributed by atoms with Crippen LogP contribution in [0.25, 0.3) is 10.9 Å². The highest BCUT2D eigenvalue weighted by molar-refractivity contribution is 7.89. The first kappa shape index (κ1) is 26.0. The highest BCUT2D eigenvalue weighted by atomic mass is 35.5. The smallest absolute Gasteiger partial charge is 0.240 e. The largest absolute Gasteiger partial charge is 0.361 e. The van der Waals surface area contributed by atoms with Crippen LogP contribution in [0.5, 0.6) is 0 Å². The van der Waals surface area contributed by atoms with Gasteiger partial charge in [0.05, 0.1) is 14.9 Å². The van der Waals surface area contributed by atoms with E-state index in [4.69, 9.17) is 34.8 Å². The molecule has 1 atom stereocenters. The second-order valence-corrected chi connectivity index (χ2v) is 11.3. The van der Waals surface area contributed by atoms with Gasteiger partial charge in [-0.15, -0.1) is 0 Å². The third-order valence-electron chi connectivity index (χ3n) is 5.98. The molecule has 0 aliphatic rings. The molecule has 0 fully saturated rings. The van der Waals surface area contributed by atoms with E-state index in [1.165, 1.54) is 29.1 Å². The third kappa shape index (κ3) is 6.79. The van der Waals surface area contributed by atoms with Crippen molar-refractivity contribution in [1.82, 2.24) is 15.0 Å². The molecule has 0 spiro atoms. The molecule has 3 aromatic carbocycles. The Labute approximate surface area is 220 Å². The molecule has 0 saturated heterocycles. The number of para-hydroxylation sites is 1. The van der Waals surface area contributed by atoms with Gasteiger partial charge in [0.15, 0.2) is 0 Å². The average Bonchev–Trinajstić information content (AvgIpc) is 3.26. The van der Waals surface area contributed by atoms with Gasteiger partial charge in [0, 0.05) is 28.7 Å². The topological polar surface area (TPSA) is 74.0 Å². The molecule has 184 valence electrons. The Morgan fingerprint density at radius 2 is 1.66 bits per heavy atom. The minimum Gasteiger partial charge on any atom is -0.361 e. The van der Waals surface area contributed by atoms with Crippen molar-refractivity contribution < 1.29 is 8.42 Å². The summed E-state index contributed by atoms with van der Waals surface area (Å²) in [5, 5.41) is 5.88. The number of aromatic amines is 1. The summed E-state index contributed by atoms with van der Waals surface area (Å²) in [5.74, 6) is -0.0367. The minimum atomic E-state index is -3.74. The van der Waals surface area contributed by atoms with Crippen LogP contribution in [0.15, 0.2) is 77.8 Å². The van der Waals surface area contributed by atoms with E-state index in [2.05, 4.69) is 33.4 Å². The van der Waals surface area contributed by atoms with Crippen molar-refractivity contribution in [2.45, 2.75) is 23.7 Å². The molecule has 0 amide bonds. The lowest BCUT2D eigenvalue weighted by Gasteiger charge is -2.19. The Balaban J connectivity index is 1.36. The number of benzene rings is 3. The van der Waals surface area contributed by atoms with Crippen LogP contribution in [0.4, 0.5) is 0 Å². The lowest BCUT2D eigenvalue weighted by atomic mass is 9.96. The summed E-state index contributed by atoms with van der Waals surface area (Å²) in [6.45, 7) is 1.81. The molecular weight excluding hydrogens is 525 g/mol. The van der Waals surface area contributed by atoms with Gasteiger partial charge in [-0.3, -0.25) is 0 Å². The fraction of sp³-hybridized carbons (Fsp3) is 0.231. The van der Waals surface area contributed by atoms with Crippen LogP contribution in [-0.2, 0) is 16.4 Å². The van der Waals surface area contributed by atoms with Gasteiger partial charge in [-0.1, -0.05) is 65.1 Å². The van der Waals surface area contributed by atoms with Crippen LogP contribution in [0.2, 0.25) is 15.1 Å². The zero-order valence-electron chi connectivity index (χ0n) is 18.9. The maximum atomic E-state index is 12.8. The average molecular weight is 551 g/mol. The first-order valence-electron chi connectivity index (χ1n) is 11.3. The summed E-state index contributed by atoms with van der Waals surface area (Å²) in [6.07, 6.45) is 3.71. The summed E-state index contributed by atoms with van der Waals surface area (Å²) in [4.78, 5) is 3.39. The fourth-order valence-electron chi connectivity index (χ4n) is 4.02. The Hall–Kier alpha value is -2.06. The quantitative estimate of drug-likeness (QED) is 0.189. The number of nitrogens with one attached hydrogen (secondary N) is 3. The van der Waals surface area contributed by atoms with Crippen LogP contribution in [0, 0.1) is 0 Å². The van der Waals surface area contributed by atoms with Gasteiger partial charge < -0.3 is 10.3 Å². The first-order valence-corrected chi connectivity index (χ1v) is 13.9. The van der Waals surface area contributed by atoms with Gasteiger partial charge in [-0.05, 0) is 79.4 Å². The minimum absolute atomic E-state index is 0.0367. The van der Waals surface area contributed by atoms with Gasteiger partial charge in [-0.2, -0.15) is 0 Å². The third-order valence-corrected chi connectivity index (χ3v) is 8.39. The number of hydrogen-bond acceptors (Lipinski definition) is 3. The van der Waals surface area contributed by atoms with Crippen molar-refractivity contribution in [3.8, 4) is 0 Å². The highest BCUT2D eigenvalue weighted by Crippen LogP contribution is 2.26. The monoisotopic (exact) mass is 549 g/mol. The highest BCUT2D eigenvalue weighted by Gasteiger charge is 2.19. The Kier molecular flexibility index (Phi) is 8.76. The van der Waals surface area contributed by atoms with Crippen molar-refractivity contribution in [3.63, 3.8) is 0 Å². The number of fused-ring (bicyclic) bond motifs is 1. The molecule has 0 aliphatic carbocycles. The van der Waals surface area contributed by atoms with Gasteiger partial charge in [0.25, 0.3) is 0 Å². The second kappa shape index (κ2) is 11.8. The summed E-state index contributed by atoms with van der Waals surface area (Å²) >= 11 is 18.0. The number of hydrogen-bond donors (Lipinski definition) is 3. The first-order chi connectivity index (χ1) is 16.8. The van der Waals surface area contributed by atoms with Crippen LogP contribution < -0.4 is 10.0 Å². The molecule has 1 unspecified atom stereocenters. The predicted molar refractivity (Wildman–Crippen MR) is 145 cm³/mol. The maximum Gasteiger partial charge on any atom is 0.240 e. The van der Waals surface area contributed by atoms with E-state index in [9.17, 15) is 8.42 Å². The van der Waals surface area contributed by atoms with Crippen LogP contribution in [0.1, 0.15) is 23.5 Å². The molecule has 1 heterocycles. The standard InChI is InChI=1S/C26H26Cl3N3O2S/c27-21-7-5-18(6-8-21)19(17-32-35(33,34)22-9-10-24(28)25(29)15-22)11-13-30-14-12-20-16-31-26-4-2-1-3-23(20)26/h1-10,15-16,19,30-32H,11-14,17H2. The normalized spacial score (nSPS) is 12.8. The van der Waals surface area contributed by atoms with Crippen molar-refractivity contribution in [1.29, 1.82) is 0 Å². The molecule has 3 N–H and O–H groups in total. The van der Waals surface area contributed by atoms with E-state index < -0.39 is 10.0 Å². The van der Waals surface area contributed by atoms with Crippen molar-refractivity contribution in [2.24, 2.45) is 0 Å². The molecule has 0 bridgehead atoms. The number of H-pyrrole nitrogens is 1. The van der Waals surface area contributed by atoms with Gasteiger partial charge >= 0.3 is 0 Å². The summed E-state index contributed by atoms with van der Waals surface area (Å²) in [7, 11) is -3.74. The van der Waals surface area contributed by atoms with Gasteiger partial charge in [0.1, 0.15) is 0 Å². The summed E-state index contributed by atoms with van der Waals surface area (Å²) in [6, 6.07) is 20.1. The Bertz CT molecular complexity index is 1390. The molecule has 4 aromatic rings. The zero-order valence-corrected chi connectivity index (χ0v) is 22.0. The Morgan fingerprint density at radius 3 is 2.43 bits per heavy atom. The lowest BCUT2D eigenvalue weighted by Crippen LogP contribution is -2.30. The zero-order chi connectivity index (χ0) is 24.8. The van der Waals surface area contributed by atoms with Crippen molar-refractivity contribution >= 4 is 55.7 Å². The fourth-order valence-corrected chi connectivity index (χ4v) is 5.62. The van der Waals surface area contributed by atoms with Gasteiger partial charge in [-0.25, -0.2) is 13.1 Å². The molecule has 9 heteroatoms.